The Balaban J connectivity index is 1.38. The highest BCUT2D eigenvalue weighted by atomic mass is 35.5. The van der Waals surface area contributed by atoms with Crippen molar-refractivity contribution in [2.45, 2.75) is 43.4 Å². The summed E-state index contributed by atoms with van der Waals surface area (Å²) in [5.74, 6) is -2.83. The number of nitriles is 2. The molecule has 0 aromatic carbocycles. The van der Waals surface area contributed by atoms with Gasteiger partial charge in [0, 0.05) is 63.5 Å². The van der Waals surface area contributed by atoms with Crippen LogP contribution in [0.1, 0.15) is 47.3 Å². The van der Waals surface area contributed by atoms with E-state index in [1.165, 1.54) is 16.2 Å². The van der Waals surface area contributed by atoms with Crippen molar-refractivity contribution < 1.29 is 18.3 Å². The van der Waals surface area contributed by atoms with E-state index >= 15 is 0 Å². The van der Waals surface area contributed by atoms with E-state index < -0.39 is 17.2 Å². The summed E-state index contributed by atoms with van der Waals surface area (Å²) in [7, 11) is 6.59. The van der Waals surface area contributed by atoms with E-state index in [4.69, 9.17) is 27.8 Å². The Morgan fingerprint density at radius 1 is 1.10 bits per heavy atom. The summed E-state index contributed by atoms with van der Waals surface area (Å²) < 4.78 is 35.4. The SMILES string of the molecule is CN(C)CC1(COc2nc(N3CCCN=C(/C(Cl)=C(\N)C(=O)N(C)C)C3)c(C#N)c(N3CC4(CCCc5sc(N)c(C#N)c54)C3)n2)CC1(F)F. The van der Waals surface area contributed by atoms with Crippen LogP contribution < -0.4 is 26.0 Å². The molecular weight excluding hydrogens is 688 g/mol. The number of rotatable bonds is 9. The van der Waals surface area contributed by atoms with Gasteiger partial charge in [-0.3, -0.25) is 9.79 Å². The molecule has 2 aliphatic carbocycles. The number of carbonyl (C=O) groups is 1. The number of aryl methyl sites for hydroxylation is 1. The number of anilines is 3. The first-order chi connectivity index (χ1) is 23.7. The van der Waals surface area contributed by atoms with Crippen molar-refractivity contribution in [1.29, 1.82) is 10.5 Å². The maximum absolute atomic E-state index is 14.7. The fraction of sp³-hybridized carbons (Fsp3) is 0.576. The van der Waals surface area contributed by atoms with Crippen LogP contribution in [0.25, 0.3) is 0 Å². The van der Waals surface area contributed by atoms with Crippen LogP contribution in [-0.4, -0.2) is 111 Å². The Bertz CT molecular complexity index is 1860. The van der Waals surface area contributed by atoms with Crippen LogP contribution in [0, 0.1) is 28.1 Å². The van der Waals surface area contributed by atoms with Gasteiger partial charge in [0.25, 0.3) is 11.8 Å². The molecule has 2 aromatic heterocycles. The van der Waals surface area contributed by atoms with E-state index in [1.807, 2.05) is 4.90 Å². The Hall–Kier alpha value is -4.25. The number of hydrogen-bond acceptors (Lipinski definition) is 13. The van der Waals surface area contributed by atoms with Crippen LogP contribution in [-0.2, 0) is 16.6 Å². The van der Waals surface area contributed by atoms with Crippen molar-refractivity contribution in [3.05, 3.63) is 32.3 Å². The molecule has 4 heterocycles. The predicted octanol–water partition coefficient (Wildman–Crippen LogP) is 3.07. The summed E-state index contributed by atoms with van der Waals surface area (Å²) in [6, 6.07) is 4.45. The third-order valence-corrected chi connectivity index (χ3v) is 11.4. The second-order valence-corrected chi connectivity index (χ2v) is 15.6. The summed E-state index contributed by atoms with van der Waals surface area (Å²) in [4.78, 5) is 34.4. The molecule has 4 aliphatic rings. The zero-order chi connectivity index (χ0) is 36.2. The molecule has 1 saturated carbocycles. The van der Waals surface area contributed by atoms with E-state index in [2.05, 4.69) is 27.1 Å². The predicted molar refractivity (Wildman–Crippen MR) is 188 cm³/mol. The minimum Gasteiger partial charge on any atom is -0.462 e. The van der Waals surface area contributed by atoms with Crippen molar-refractivity contribution in [2.24, 2.45) is 16.1 Å². The van der Waals surface area contributed by atoms with Crippen LogP contribution in [0.2, 0.25) is 0 Å². The normalized spacial score (nSPS) is 22.4. The van der Waals surface area contributed by atoms with Gasteiger partial charge in [0.15, 0.2) is 11.6 Å². The molecule has 1 spiro atoms. The van der Waals surface area contributed by atoms with Crippen LogP contribution in [0.5, 0.6) is 6.01 Å². The average Bonchev–Trinajstić information content (AvgIpc) is 3.55. The van der Waals surface area contributed by atoms with Gasteiger partial charge in [0.1, 0.15) is 35.0 Å². The average molecular weight is 728 g/mol. The lowest BCUT2D eigenvalue weighted by molar-refractivity contribution is -0.124. The third kappa shape index (κ3) is 6.18. The number of likely N-dealkylation sites (N-methyl/N-ethyl adjacent to an activating group) is 1. The molecule has 0 bridgehead atoms. The molecule has 6 rings (SSSR count). The molecular formula is C33H40ClF2N11O2S. The zero-order valence-corrected chi connectivity index (χ0v) is 30.1. The lowest BCUT2D eigenvalue weighted by Crippen LogP contribution is -2.61. The highest BCUT2D eigenvalue weighted by molar-refractivity contribution is 7.16. The maximum atomic E-state index is 14.7. The molecule has 13 nitrogen and oxygen atoms in total. The first-order valence-corrected chi connectivity index (χ1v) is 17.5. The molecule has 1 amide bonds. The third-order valence-electron chi connectivity index (χ3n) is 9.92. The molecule has 1 atom stereocenters. The lowest BCUT2D eigenvalue weighted by Gasteiger charge is -2.53. The zero-order valence-electron chi connectivity index (χ0n) is 28.5. The van der Waals surface area contributed by atoms with Crippen molar-refractivity contribution in [2.75, 3.05) is 89.6 Å². The van der Waals surface area contributed by atoms with E-state index in [-0.39, 0.29) is 59.7 Å². The standard InChI is InChI=1S/C33H40ClF2N11O2S/c1-44(2)17-32(14-33(32,35)36)18-49-30-42-27(46-10-6-9-41-21(13-46)24(34)25(39)29(48)45(3)4)20(12-38)28(43-30)47-15-31(16-47)8-5-7-22-23(31)19(11-37)26(40)50-22/h5-10,13-18,39-40H2,1-4H3/b25-24+. The van der Waals surface area contributed by atoms with Gasteiger partial charge in [-0.2, -0.15) is 20.5 Å². The first-order valence-electron chi connectivity index (χ1n) is 16.4. The molecule has 266 valence electrons. The van der Waals surface area contributed by atoms with Crippen LogP contribution in [0.3, 0.4) is 0 Å². The number of fused-ring (bicyclic) bond motifs is 2. The number of nitrogens with zero attached hydrogens (tertiary/aromatic N) is 9. The van der Waals surface area contributed by atoms with Gasteiger partial charge in [0.2, 0.25) is 0 Å². The largest absolute Gasteiger partial charge is 0.462 e. The number of amides is 1. The Labute approximate surface area is 298 Å². The van der Waals surface area contributed by atoms with Gasteiger partial charge in [-0.25, -0.2) is 8.78 Å². The van der Waals surface area contributed by atoms with Crippen LogP contribution in [0.15, 0.2) is 15.7 Å². The molecule has 1 saturated heterocycles. The number of halogens is 3. The number of nitrogens with two attached hydrogens (primary N) is 2. The Morgan fingerprint density at radius 3 is 2.36 bits per heavy atom. The minimum absolute atomic E-state index is 0.00238. The van der Waals surface area contributed by atoms with E-state index in [0.29, 0.717) is 54.7 Å². The second kappa shape index (κ2) is 13.1. The molecule has 2 fully saturated rings. The first kappa shape index (κ1) is 35.6. The molecule has 17 heteroatoms. The highest BCUT2D eigenvalue weighted by Crippen LogP contribution is 2.60. The number of thiophene rings is 1. The summed E-state index contributed by atoms with van der Waals surface area (Å²) in [5.41, 5.74) is 12.5. The van der Waals surface area contributed by atoms with Crippen molar-refractivity contribution >= 4 is 51.2 Å². The van der Waals surface area contributed by atoms with Crippen molar-refractivity contribution in [3.63, 3.8) is 0 Å². The Kier molecular flexibility index (Phi) is 9.35. The van der Waals surface area contributed by atoms with Crippen molar-refractivity contribution in [3.8, 4) is 18.1 Å². The molecule has 1 unspecified atom stereocenters. The van der Waals surface area contributed by atoms with Gasteiger partial charge in [0.05, 0.1) is 28.3 Å². The monoisotopic (exact) mass is 727 g/mol. The highest BCUT2D eigenvalue weighted by Gasteiger charge is 2.71. The molecule has 2 aliphatic heterocycles. The summed E-state index contributed by atoms with van der Waals surface area (Å²) >= 11 is 8.09. The Morgan fingerprint density at radius 2 is 1.76 bits per heavy atom. The fourth-order valence-electron chi connectivity index (χ4n) is 7.41. The van der Waals surface area contributed by atoms with Gasteiger partial charge >= 0.3 is 6.01 Å². The molecule has 50 heavy (non-hydrogen) atoms. The topological polar surface area (TPSA) is 177 Å². The number of aromatic nitrogens is 2. The fourth-order valence-corrected chi connectivity index (χ4v) is 8.79. The van der Waals surface area contributed by atoms with E-state index in [1.54, 1.807) is 38.0 Å². The van der Waals surface area contributed by atoms with E-state index in [0.717, 1.165) is 29.7 Å². The number of alkyl halides is 2. The van der Waals surface area contributed by atoms with E-state index in [9.17, 15) is 24.1 Å². The van der Waals surface area contributed by atoms with Gasteiger partial charge in [-0.15, -0.1) is 11.3 Å². The summed E-state index contributed by atoms with van der Waals surface area (Å²) in [5, 5.41) is 21.1. The van der Waals surface area contributed by atoms with Crippen LogP contribution >= 0.6 is 22.9 Å². The quantitative estimate of drug-likeness (QED) is 0.363. The number of aliphatic imine (C=N–C) groups is 1. The number of carbonyl (C=O) groups excluding carboxylic acids is 1. The number of ether oxygens (including phenoxy) is 1. The van der Waals surface area contributed by atoms with Crippen molar-refractivity contribution in [1.82, 2.24) is 19.8 Å². The second-order valence-electron chi connectivity index (χ2n) is 14.1. The molecule has 0 radical (unpaired) electrons. The maximum Gasteiger partial charge on any atom is 0.320 e. The van der Waals surface area contributed by atoms with Gasteiger partial charge < -0.3 is 35.8 Å². The molecule has 2 aromatic rings. The minimum atomic E-state index is -2.90. The number of hydrogen-bond donors (Lipinski definition) is 2. The smallest absolute Gasteiger partial charge is 0.320 e. The van der Waals surface area contributed by atoms with Gasteiger partial charge in [-0.05, 0) is 45.3 Å². The molecule has 4 N–H and O–H groups in total. The summed E-state index contributed by atoms with van der Waals surface area (Å²) in [6.07, 6.45) is 2.88. The number of nitrogen functional groups attached to an aromatic ring is 1. The van der Waals surface area contributed by atoms with Gasteiger partial charge in [-0.1, -0.05) is 11.6 Å². The van der Waals surface area contributed by atoms with Crippen LogP contribution in [0.4, 0.5) is 25.4 Å². The lowest BCUT2D eigenvalue weighted by atomic mass is 9.66. The summed E-state index contributed by atoms with van der Waals surface area (Å²) in [6.45, 7) is 1.62.